The summed E-state index contributed by atoms with van der Waals surface area (Å²) in [5.41, 5.74) is 0.603. The molecule has 0 aromatic rings. The number of hydrogen-bond donors (Lipinski definition) is 0. The lowest BCUT2D eigenvalue weighted by Crippen LogP contribution is -2.46. The second kappa shape index (κ2) is 5.30. The van der Waals surface area contributed by atoms with Crippen molar-refractivity contribution in [3.63, 3.8) is 0 Å². The molecule has 1 heterocycles. The summed E-state index contributed by atoms with van der Waals surface area (Å²) in [6.07, 6.45) is 2.54. The van der Waals surface area contributed by atoms with E-state index in [0.29, 0.717) is 12.3 Å². The molecule has 2 aliphatic carbocycles. The largest absolute Gasteiger partial charge is 0.460 e. The number of hydrogen-bond acceptors (Lipinski definition) is 5. The van der Waals surface area contributed by atoms with E-state index in [0.717, 1.165) is 18.6 Å². The molecule has 0 aromatic heterocycles. The highest BCUT2D eigenvalue weighted by atomic mass is 16.6. The summed E-state index contributed by atoms with van der Waals surface area (Å²) in [7, 11) is 0. The Bertz CT molecular complexity index is 601. The van der Waals surface area contributed by atoms with E-state index in [1.54, 1.807) is 0 Å². The fraction of sp³-hybridized carbons (Fsp3) is 0.842. The number of carbonyl (C=O) groups is 2. The first kappa shape index (κ1) is 17.4. The lowest BCUT2D eigenvalue weighted by atomic mass is 9.70. The van der Waals surface area contributed by atoms with Gasteiger partial charge in [-0.05, 0) is 45.4 Å². The van der Waals surface area contributed by atoms with Crippen molar-refractivity contribution in [2.45, 2.75) is 85.0 Å². The van der Waals surface area contributed by atoms with E-state index in [-0.39, 0.29) is 35.3 Å². The number of aliphatic imine (C=N–C) groups is 1. The molecule has 0 saturated heterocycles. The van der Waals surface area contributed by atoms with Crippen LogP contribution in [0.15, 0.2) is 4.99 Å². The maximum Gasteiger partial charge on any atom is 0.331 e. The zero-order valence-corrected chi connectivity index (χ0v) is 15.6. The Hall–Kier alpha value is -1.39. The van der Waals surface area contributed by atoms with Gasteiger partial charge in [-0.25, -0.2) is 4.79 Å². The van der Waals surface area contributed by atoms with E-state index in [4.69, 9.17) is 14.5 Å². The van der Waals surface area contributed by atoms with E-state index in [2.05, 4.69) is 20.8 Å². The molecule has 0 aromatic carbocycles. The third-order valence-corrected chi connectivity index (χ3v) is 6.35. The molecule has 0 N–H and O–H groups in total. The third-order valence-electron chi connectivity index (χ3n) is 6.35. The second-order valence-electron chi connectivity index (χ2n) is 9.24. The molecular weight excluding hydrogens is 306 g/mol. The van der Waals surface area contributed by atoms with Crippen LogP contribution in [0.4, 0.5) is 0 Å². The first-order valence-corrected chi connectivity index (χ1v) is 8.96. The van der Waals surface area contributed by atoms with Crippen molar-refractivity contribution in [2.75, 3.05) is 0 Å². The minimum absolute atomic E-state index is 0.0255. The van der Waals surface area contributed by atoms with Gasteiger partial charge < -0.3 is 9.47 Å². The van der Waals surface area contributed by atoms with Crippen LogP contribution in [0, 0.1) is 16.7 Å². The highest BCUT2D eigenvalue weighted by Gasteiger charge is 2.67. The molecule has 2 saturated carbocycles. The van der Waals surface area contributed by atoms with E-state index < -0.39 is 11.6 Å². The first-order valence-electron chi connectivity index (χ1n) is 8.96. The lowest BCUT2D eigenvalue weighted by molar-refractivity contribution is -0.157. The zero-order chi connectivity index (χ0) is 17.9. The molecule has 2 bridgehead atoms. The monoisotopic (exact) mass is 335 g/mol. The molecular formula is C19H29NO4. The quantitative estimate of drug-likeness (QED) is 0.742. The normalized spacial score (nSPS) is 36.8. The molecule has 134 valence electrons. The number of carbonyl (C=O) groups excluding carboxylic acids is 2. The summed E-state index contributed by atoms with van der Waals surface area (Å²) < 4.78 is 11.1. The average Bonchev–Trinajstić information content (AvgIpc) is 2.75. The van der Waals surface area contributed by atoms with Gasteiger partial charge in [0.25, 0.3) is 0 Å². The maximum atomic E-state index is 12.4. The van der Waals surface area contributed by atoms with Crippen LogP contribution in [-0.4, -0.2) is 35.4 Å². The molecule has 1 aliphatic heterocycles. The molecule has 4 atom stereocenters. The Morgan fingerprint density at radius 3 is 2.62 bits per heavy atom. The van der Waals surface area contributed by atoms with Crippen LogP contribution < -0.4 is 0 Å². The predicted molar refractivity (Wildman–Crippen MR) is 90.8 cm³/mol. The Morgan fingerprint density at radius 1 is 1.33 bits per heavy atom. The fourth-order valence-corrected chi connectivity index (χ4v) is 4.63. The lowest BCUT2D eigenvalue weighted by Gasteiger charge is -2.39. The molecule has 3 aliphatic rings. The minimum atomic E-state index is -0.567. The van der Waals surface area contributed by atoms with Gasteiger partial charge in [-0.15, -0.1) is 0 Å². The van der Waals surface area contributed by atoms with Crippen molar-refractivity contribution in [3.05, 3.63) is 0 Å². The molecule has 0 spiro atoms. The molecule has 5 nitrogen and oxygen atoms in total. The van der Waals surface area contributed by atoms with Crippen molar-refractivity contribution in [1.29, 1.82) is 0 Å². The molecule has 1 unspecified atom stereocenters. The summed E-state index contributed by atoms with van der Waals surface area (Å²) in [6, 6.07) is -0.567. The van der Waals surface area contributed by atoms with Crippen molar-refractivity contribution in [1.82, 2.24) is 0 Å². The standard InChI is InChI=1S/C19H29NO4/c1-17(2,3)24-13(21)8-7-12-16(22)23-15-14(20-12)11-9-10-19(15,6)18(11,4)5/h11-12,15H,7-10H2,1-6H3/t11-,12?,15-,19+/m1/s1. The SMILES string of the molecule is CC(C)(C)OC(=O)CCC1N=C2[C@H]3CC[C@@](C)([C@@H]2OC1=O)C3(C)C. The molecule has 0 radical (unpaired) electrons. The molecule has 0 amide bonds. The van der Waals surface area contributed by atoms with Gasteiger partial charge in [0.1, 0.15) is 17.7 Å². The zero-order valence-electron chi connectivity index (χ0n) is 15.6. The van der Waals surface area contributed by atoms with Crippen LogP contribution in [0.2, 0.25) is 0 Å². The smallest absolute Gasteiger partial charge is 0.331 e. The highest BCUT2D eigenvalue weighted by molar-refractivity contribution is 6.01. The topological polar surface area (TPSA) is 65.0 Å². The number of ether oxygens (including phenoxy) is 2. The number of esters is 2. The molecule has 3 rings (SSSR count). The summed E-state index contributed by atoms with van der Waals surface area (Å²) >= 11 is 0. The summed E-state index contributed by atoms with van der Waals surface area (Å²) in [4.78, 5) is 29.0. The van der Waals surface area contributed by atoms with Gasteiger partial charge >= 0.3 is 11.9 Å². The van der Waals surface area contributed by atoms with Crippen LogP contribution in [0.3, 0.4) is 0 Å². The second-order valence-corrected chi connectivity index (χ2v) is 9.24. The van der Waals surface area contributed by atoms with Crippen LogP contribution in [-0.2, 0) is 19.1 Å². The molecule has 2 fully saturated rings. The van der Waals surface area contributed by atoms with Crippen molar-refractivity contribution in [2.24, 2.45) is 21.7 Å². The Balaban J connectivity index is 1.72. The molecule has 5 heteroatoms. The average molecular weight is 335 g/mol. The number of fused-ring (bicyclic) bond motifs is 5. The Kier molecular flexibility index (Phi) is 3.85. The number of nitrogens with zero attached hydrogens (tertiary/aromatic N) is 1. The van der Waals surface area contributed by atoms with Crippen LogP contribution >= 0.6 is 0 Å². The minimum Gasteiger partial charge on any atom is -0.460 e. The highest BCUT2D eigenvalue weighted by Crippen LogP contribution is 2.65. The first-order chi connectivity index (χ1) is 11.0. The van der Waals surface area contributed by atoms with Gasteiger partial charge in [-0.1, -0.05) is 20.8 Å². The van der Waals surface area contributed by atoms with Crippen LogP contribution in [0.1, 0.15) is 67.2 Å². The van der Waals surface area contributed by atoms with Crippen molar-refractivity contribution in [3.8, 4) is 0 Å². The maximum absolute atomic E-state index is 12.4. The fourth-order valence-electron chi connectivity index (χ4n) is 4.63. The third kappa shape index (κ3) is 2.56. The number of rotatable bonds is 3. The van der Waals surface area contributed by atoms with Gasteiger partial charge in [-0.3, -0.25) is 9.79 Å². The van der Waals surface area contributed by atoms with E-state index in [1.807, 2.05) is 20.8 Å². The predicted octanol–water partition coefficient (Wildman–Crippen LogP) is 3.30. The van der Waals surface area contributed by atoms with Crippen LogP contribution in [0.5, 0.6) is 0 Å². The van der Waals surface area contributed by atoms with Gasteiger partial charge in [-0.2, -0.15) is 0 Å². The van der Waals surface area contributed by atoms with Crippen molar-refractivity contribution < 1.29 is 19.1 Å². The van der Waals surface area contributed by atoms with Gasteiger partial charge in [0.2, 0.25) is 0 Å². The van der Waals surface area contributed by atoms with Gasteiger partial charge in [0.05, 0.1) is 5.71 Å². The summed E-state index contributed by atoms with van der Waals surface area (Å²) in [5, 5.41) is 0. The van der Waals surface area contributed by atoms with Gasteiger partial charge in [0, 0.05) is 17.8 Å². The summed E-state index contributed by atoms with van der Waals surface area (Å²) in [6.45, 7) is 12.2. The Morgan fingerprint density at radius 2 is 2.00 bits per heavy atom. The summed E-state index contributed by atoms with van der Waals surface area (Å²) in [5.74, 6) is -0.209. The van der Waals surface area contributed by atoms with E-state index >= 15 is 0 Å². The van der Waals surface area contributed by atoms with Gasteiger partial charge in [0.15, 0.2) is 0 Å². The van der Waals surface area contributed by atoms with Crippen LogP contribution in [0.25, 0.3) is 0 Å². The van der Waals surface area contributed by atoms with E-state index in [1.165, 1.54) is 0 Å². The van der Waals surface area contributed by atoms with E-state index in [9.17, 15) is 9.59 Å². The Labute approximate surface area is 144 Å². The molecule has 24 heavy (non-hydrogen) atoms. The van der Waals surface area contributed by atoms with Crippen molar-refractivity contribution >= 4 is 17.7 Å².